The summed E-state index contributed by atoms with van der Waals surface area (Å²) in [6.07, 6.45) is -0.528. The van der Waals surface area contributed by atoms with Gasteiger partial charge in [-0.1, -0.05) is 25.1 Å². The Bertz CT molecular complexity index is 908. The summed E-state index contributed by atoms with van der Waals surface area (Å²) in [6.45, 7) is 1.15. The second kappa shape index (κ2) is 9.68. The lowest BCUT2D eigenvalue weighted by Crippen LogP contribution is -2.31. The first-order chi connectivity index (χ1) is 13.4. The second-order valence-electron chi connectivity index (χ2n) is 5.58. The van der Waals surface area contributed by atoms with Gasteiger partial charge in [-0.15, -0.1) is 0 Å². The Morgan fingerprint density at radius 1 is 1.25 bits per heavy atom. The molecule has 0 saturated carbocycles. The number of carbonyl (C=O) groups is 2. The van der Waals surface area contributed by atoms with Crippen LogP contribution in [0.1, 0.15) is 18.9 Å². The molecule has 9 heteroatoms. The van der Waals surface area contributed by atoms with Gasteiger partial charge in [-0.05, 0) is 24.6 Å². The highest BCUT2D eigenvalue weighted by molar-refractivity contribution is 5.94. The Kier molecular flexibility index (Phi) is 7.05. The van der Waals surface area contributed by atoms with E-state index in [2.05, 4.69) is 5.32 Å². The van der Waals surface area contributed by atoms with Crippen LogP contribution < -0.4 is 10.1 Å². The third kappa shape index (κ3) is 5.54. The molecule has 1 N–H and O–H groups in total. The minimum Gasteiger partial charge on any atom is -0.479 e. The highest BCUT2D eigenvalue weighted by Crippen LogP contribution is 2.21. The van der Waals surface area contributed by atoms with E-state index in [1.54, 1.807) is 37.3 Å². The third-order valence-corrected chi connectivity index (χ3v) is 3.61. The number of rotatable bonds is 8. The van der Waals surface area contributed by atoms with Gasteiger partial charge in [0.1, 0.15) is 11.8 Å². The normalized spacial score (nSPS) is 11.0. The molecule has 0 saturated heterocycles. The summed E-state index contributed by atoms with van der Waals surface area (Å²) in [5.74, 6) is -0.890. The number of anilines is 1. The monoisotopic (exact) mass is 383 g/mol. The summed E-state index contributed by atoms with van der Waals surface area (Å²) in [5.41, 5.74) is -0.265. The summed E-state index contributed by atoms with van der Waals surface area (Å²) in [6, 6.07) is 13.9. The topological polar surface area (TPSA) is 132 Å². The largest absolute Gasteiger partial charge is 0.479 e. The lowest BCUT2D eigenvalue weighted by atomic mass is 10.1. The van der Waals surface area contributed by atoms with E-state index in [0.717, 1.165) is 12.1 Å². The number of nitriles is 1. The zero-order valence-electron chi connectivity index (χ0n) is 15.0. The molecule has 28 heavy (non-hydrogen) atoms. The maximum absolute atomic E-state index is 12.1. The Hall–Kier alpha value is -3.93. The van der Waals surface area contributed by atoms with Crippen LogP contribution in [0.3, 0.4) is 0 Å². The van der Waals surface area contributed by atoms with Crippen molar-refractivity contribution in [3.63, 3.8) is 0 Å². The van der Waals surface area contributed by atoms with Gasteiger partial charge in [-0.3, -0.25) is 14.9 Å². The lowest BCUT2D eigenvalue weighted by molar-refractivity contribution is -0.384. The molecule has 0 radical (unpaired) electrons. The van der Waals surface area contributed by atoms with Crippen molar-refractivity contribution in [1.29, 1.82) is 5.26 Å². The van der Waals surface area contributed by atoms with Crippen molar-refractivity contribution in [2.45, 2.75) is 19.4 Å². The van der Waals surface area contributed by atoms with Gasteiger partial charge in [0.15, 0.2) is 12.7 Å². The molecule has 9 nitrogen and oxygen atoms in total. The van der Waals surface area contributed by atoms with Crippen LogP contribution in [0.2, 0.25) is 0 Å². The van der Waals surface area contributed by atoms with Crippen LogP contribution in [0, 0.1) is 21.4 Å². The molecule has 0 aliphatic heterocycles. The highest BCUT2D eigenvalue weighted by Gasteiger charge is 2.21. The van der Waals surface area contributed by atoms with Crippen LogP contribution in [0.25, 0.3) is 0 Å². The van der Waals surface area contributed by atoms with Crippen molar-refractivity contribution in [3.05, 3.63) is 64.2 Å². The molecular weight excluding hydrogens is 366 g/mol. The first-order valence-electron chi connectivity index (χ1n) is 8.31. The van der Waals surface area contributed by atoms with Gasteiger partial charge in [0.05, 0.1) is 16.2 Å². The number of hydrogen-bond acceptors (Lipinski definition) is 7. The van der Waals surface area contributed by atoms with Gasteiger partial charge in [-0.25, -0.2) is 4.79 Å². The molecule has 0 bridgehead atoms. The molecule has 1 amide bonds. The Balaban J connectivity index is 1.93. The zero-order chi connectivity index (χ0) is 20.5. The highest BCUT2D eigenvalue weighted by atomic mass is 16.6. The van der Waals surface area contributed by atoms with Gasteiger partial charge in [0.2, 0.25) is 0 Å². The molecule has 0 spiro atoms. The fourth-order valence-electron chi connectivity index (χ4n) is 2.22. The SMILES string of the molecule is CC[C@H](Oc1ccccc1)C(=O)OCC(=O)Nc1ccc([N+](=O)[O-])cc1C#N. The van der Waals surface area contributed by atoms with E-state index in [-0.39, 0.29) is 16.9 Å². The molecule has 0 fully saturated rings. The zero-order valence-corrected chi connectivity index (χ0v) is 15.0. The average molecular weight is 383 g/mol. The number of para-hydroxylation sites is 1. The van der Waals surface area contributed by atoms with E-state index in [1.807, 2.05) is 6.07 Å². The second-order valence-corrected chi connectivity index (χ2v) is 5.58. The van der Waals surface area contributed by atoms with Gasteiger partial charge in [-0.2, -0.15) is 5.26 Å². The summed E-state index contributed by atoms with van der Waals surface area (Å²) in [4.78, 5) is 34.2. The van der Waals surface area contributed by atoms with Crippen LogP contribution in [-0.4, -0.2) is 29.5 Å². The fourth-order valence-corrected chi connectivity index (χ4v) is 2.22. The molecule has 2 aromatic rings. The molecule has 0 aliphatic carbocycles. The standard InChI is InChI=1S/C19H17N3O6/c1-2-17(28-15-6-4-3-5-7-15)19(24)27-12-18(23)21-16-9-8-14(22(25)26)10-13(16)11-20/h3-10,17H,2,12H2,1H3,(H,21,23)/t17-/m0/s1. The van der Waals surface area contributed by atoms with Crippen molar-refractivity contribution >= 4 is 23.3 Å². The van der Waals surface area contributed by atoms with Gasteiger partial charge >= 0.3 is 5.97 Å². The molecule has 0 aromatic heterocycles. The number of nitrogens with zero attached hydrogens (tertiary/aromatic N) is 2. The smallest absolute Gasteiger partial charge is 0.347 e. The number of non-ortho nitro benzene ring substituents is 1. The number of amides is 1. The quantitative estimate of drug-likeness (QED) is 0.421. The van der Waals surface area contributed by atoms with Gasteiger partial charge in [0.25, 0.3) is 11.6 Å². The molecule has 0 aliphatic rings. The first kappa shape index (κ1) is 20.4. The number of esters is 1. The summed E-state index contributed by atoms with van der Waals surface area (Å²) in [7, 11) is 0. The Labute approximate surface area is 160 Å². The number of nitro groups is 1. The van der Waals surface area contributed by atoms with Crippen molar-refractivity contribution in [2.75, 3.05) is 11.9 Å². The maximum Gasteiger partial charge on any atom is 0.347 e. The van der Waals surface area contributed by atoms with E-state index in [0.29, 0.717) is 12.2 Å². The molecule has 2 rings (SSSR count). The summed E-state index contributed by atoms with van der Waals surface area (Å²) >= 11 is 0. The van der Waals surface area contributed by atoms with Crippen LogP contribution in [0.5, 0.6) is 5.75 Å². The van der Waals surface area contributed by atoms with Crippen LogP contribution in [-0.2, 0) is 14.3 Å². The molecule has 2 aromatic carbocycles. The predicted octanol–water partition coefficient (Wildman–Crippen LogP) is 2.81. The summed E-state index contributed by atoms with van der Waals surface area (Å²) < 4.78 is 10.5. The summed E-state index contributed by atoms with van der Waals surface area (Å²) in [5, 5.41) is 22.2. The van der Waals surface area contributed by atoms with Gasteiger partial charge < -0.3 is 14.8 Å². The van der Waals surface area contributed by atoms with E-state index in [1.165, 1.54) is 6.07 Å². The molecule has 1 atom stereocenters. The number of ether oxygens (including phenoxy) is 2. The lowest BCUT2D eigenvalue weighted by Gasteiger charge is -2.16. The Morgan fingerprint density at radius 2 is 1.96 bits per heavy atom. The van der Waals surface area contributed by atoms with E-state index < -0.39 is 29.5 Å². The molecule has 144 valence electrons. The average Bonchev–Trinajstić information content (AvgIpc) is 2.71. The number of carbonyl (C=O) groups excluding carboxylic acids is 2. The number of nitrogens with one attached hydrogen (secondary N) is 1. The third-order valence-electron chi connectivity index (χ3n) is 3.61. The number of hydrogen-bond donors (Lipinski definition) is 1. The number of nitro benzene ring substituents is 1. The molecular formula is C19H17N3O6. The number of benzene rings is 2. The van der Waals surface area contributed by atoms with Crippen molar-refractivity contribution in [3.8, 4) is 11.8 Å². The van der Waals surface area contributed by atoms with Crippen LogP contribution >= 0.6 is 0 Å². The van der Waals surface area contributed by atoms with E-state index in [9.17, 15) is 19.7 Å². The molecule has 0 unspecified atom stereocenters. The minimum atomic E-state index is -0.871. The van der Waals surface area contributed by atoms with Crippen molar-refractivity contribution < 1.29 is 24.0 Å². The molecule has 0 heterocycles. The minimum absolute atomic E-state index is 0.0762. The predicted molar refractivity (Wildman–Crippen MR) is 98.5 cm³/mol. The Morgan fingerprint density at radius 3 is 2.57 bits per heavy atom. The van der Waals surface area contributed by atoms with Gasteiger partial charge in [0, 0.05) is 12.1 Å². The van der Waals surface area contributed by atoms with Crippen LogP contribution in [0.15, 0.2) is 48.5 Å². The fraction of sp³-hybridized carbons (Fsp3) is 0.211. The van der Waals surface area contributed by atoms with E-state index in [4.69, 9.17) is 14.7 Å². The van der Waals surface area contributed by atoms with Crippen LogP contribution in [0.4, 0.5) is 11.4 Å². The first-order valence-corrected chi connectivity index (χ1v) is 8.31. The van der Waals surface area contributed by atoms with Crippen molar-refractivity contribution in [1.82, 2.24) is 0 Å². The maximum atomic E-state index is 12.1. The van der Waals surface area contributed by atoms with Crippen molar-refractivity contribution in [2.24, 2.45) is 0 Å². The van der Waals surface area contributed by atoms with E-state index >= 15 is 0 Å².